The number of para-hydroxylation sites is 1. The van der Waals surface area contributed by atoms with E-state index in [4.69, 9.17) is 4.74 Å². The molecule has 2 aromatic heterocycles. The highest BCUT2D eigenvalue weighted by Crippen LogP contribution is 2.31. The molecule has 0 aliphatic carbocycles. The van der Waals surface area contributed by atoms with Gasteiger partial charge in [-0.3, -0.25) is 9.59 Å². The molecule has 1 unspecified atom stereocenters. The summed E-state index contributed by atoms with van der Waals surface area (Å²) in [7, 11) is 0. The molecule has 0 spiro atoms. The molecule has 1 fully saturated rings. The summed E-state index contributed by atoms with van der Waals surface area (Å²) in [5.74, 6) is -0.816. The molecule has 0 bridgehead atoms. The summed E-state index contributed by atoms with van der Waals surface area (Å²) in [6.45, 7) is 5.05. The Morgan fingerprint density at radius 1 is 1.05 bits per heavy atom. The summed E-state index contributed by atoms with van der Waals surface area (Å²) in [6, 6.07) is 17.8. The van der Waals surface area contributed by atoms with Crippen molar-refractivity contribution in [2.45, 2.75) is 38.6 Å². The van der Waals surface area contributed by atoms with Gasteiger partial charge in [0.15, 0.2) is 6.04 Å². The van der Waals surface area contributed by atoms with Gasteiger partial charge in [0, 0.05) is 24.4 Å². The van der Waals surface area contributed by atoms with Gasteiger partial charge in [-0.1, -0.05) is 48.5 Å². The van der Waals surface area contributed by atoms with Crippen molar-refractivity contribution in [2.24, 2.45) is 0 Å². The molecule has 1 saturated heterocycles. The Bertz CT molecular complexity index is 1480. The lowest BCUT2D eigenvalue weighted by Gasteiger charge is -2.31. The molecule has 4 aromatic rings. The minimum atomic E-state index is -0.914. The maximum atomic E-state index is 13.3. The maximum Gasteiger partial charge on any atom is 0.333 e. The first-order valence-electron chi connectivity index (χ1n) is 13.3. The molecule has 2 amide bonds. The molecule has 0 saturated carbocycles. The molecule has 1 aliphatic rings. The van der Waals surface area contributed by atoms with Gasteiger partial charge in [-0.2, -0.15) is 5.10 Å². The highest BCUT2D eigenvalue weighted by Gasteiger charge is 2.30. The number of rotatable bonds is 8. The van der Waals surface area contributed by atoms with Crippen LogP contribution in [0.1, 0.15) is 68.8 Å². The van der Waals surface area contributed by atoms with Crippen LogP contribution in [0.2, 0.25) is 0 Å². The quantitative estimate of drug-likeness (QED) is 0.315. The SMILES string of the molecule is CCOC(=O)C(NC(=O)c1csc(C2CCN(C(=O)c3cnn(-c4ccccc4)c3C)CC2)n1)c1ccccc1. The number of amides is 2. The summed E-state index contributed by atoms with van der Waals surface area (Å²) >= 11 is 1.43. The first kappa shape index (κ1) is 27.3. The Balaban J connectivity index is 1.21. The highest BCUT2D eigenvalue weighted by molar-refractivity contribution is 7.09. The summed E-state index contributed by atoms with van der Waals surface area (Å²) in [5.41, 5.74) is 3.24. The average molecular weight is 558 g/mol. The lowest BCUT2D eigenvalue weighted by atomic mass is 9.97. The molecule has 9 nitrogen and oxygen atoms in total. The minimum absolute atomic E-state index is 0.0248. The van der Waals surface area contributed by atoms with Crippen LogP contribution in [-0.2, 0) is 9.53 Å². The Morgan fingerprint density at radius 3 is 2.40 bits per heavy atom. The van der Waals surface area contributed by atoms with Gasteiger partial charge in [0.05, 0.1) is 34.8 Å². The van der Waals surface area contributed by atoms with Crippen molar-refractivity contribution in [3.05, 3.63) is 99.8 Å². The Labute approximate surface area is 236 Å². The van der Waals surface area contributed by atoms with E-state index in [0.29, 0.717) is 24.2 Å². The van der Waals surface area contributed by atoms with E-state index < -0.39 is 17.9 Å². The van der Waals surface area contributed by atoms with Crippen LogP contribution in [0.15, 0.2) is 72.2 Å². The van der Waals surface area contributed by atoms with Gasteiger partial charge in [0.2, 0.25) is 0 Å². The van der Waals surface area contributed by atoms with E-state index in [1.807, 2.05) is 60.4 Å². The first-order valence-corrected chi connectivity index (χ1v) is 14.2. The maximum absolute atomic E-state index is 13.3. The van der Waals surface area contributed by atoms with Crippen LogP contribution in [0.3, 0.4) is 0 Å². The number of carbonyl (C=O) groups is 3. The molecule has 206 valence electrons. The number of thiazole rings is 1. The van der Waals surface area contributed by atoms with E-state index in [2.05, 4.69) is 15.4 Å². The standard InChI is InChI=1S/C30H31N5O4S/c1-3-39-30(38)26(21-10-6-4-7-11-21)33-27(36)25-19-40-28(32-25)22-14-16-34(17-15-22)29(37)24-18-31-35(20(24)2)23-12-8-5-9-13-23/h4-13,18-19,22,26H,3,14-17H2,1-2H3,(H,33,36). The van der Waals surface area contributed by atoms with E-state index in [1.165, 1.54) is 11.3 Å². The van der Waals surface area contributed by atoms with Crippen LogP contribution in [0, 0.1) is 6.92 Å². The number of aromatic nitrogens is 3. The van der Waals surface area contributed by atoms with Gasteiger partial charge in [-0.25, -0.2) is 14.5 Å². The van der Waals surface area contributed by atoms with Crippen molar-refractivity contribution in [3.8, 4) is 5.69 Å². The molecular weight excluding hydrogens is 526 g/mol. The van der Waals surface area contributed by atoms with Crippen LogP contribution < -0.4 is 5.32 Å². The predicted molar refractivity (Wildman–Crippen MR) is 152 cm³/mol. The zero-order chi connectivity index (χ0) is 28.1. The van der Waals surface area contributed by atoms with Crippen molar-refractivity contribution in [1.82, 2.24) is 25.0 Å². The van der Waals surface area contributed by atoms with E-state index in [0.717, 1.165) is 29.2 Å². The zero-order valence-corrected chi connectivity index (χ0v) is 23.3. The number of nitrogens with zero attached hydrogens (tertiary/aromatic N) is 4. The van der Waals surface area contributed by atoms with Crippen molar-refractivity contribution in [3.63, 3.8) is 0 Å². The highest BCUT2D eigenvalue weighted by atomic mass is 32.1. The molecule has 2 aromatic carbocycles. The molecule has 1 aliphatic heterocycles. The van der Waals surface area contributed by atoms with Crippen molar-refractivity contribution in [2.75, 3.05) is 19.7 Å². The topological polar surface area (TPSA) is 106 Å². The number of likely N-dealkylation sites (tertiary alicyclic amines) is 1. The number of hydrogen-bond donors (Lipinski definition) is 1. The van der Waals surface area contributed by atoms with Gasteiger partial charge in [-0.05, 0) is 44.4 Å². The summed E-state index contributed by atoms with van der Waals surface area (Å²) in [4.78, 5) is 45.3. The second kappa shape index (κ2) is 12.3. The molecule has 10 heteroatoms. The fourth-order valence-corrected chi connectivity index (χ4v) is 5.85. The second-order valence-corrected chi connectivity index (χ2v) is 10.5. The van der Waals surface area contributed by atoms with Gasteiger partial charge in [0.1, 0.15) is 5.69 Å². The van der Waals surface area contributed by atoms with Crippen molar-refractivity contribution < 1.29 is 19.1 Å². The molecule has 1 atom stereocenters. The van der Waals surface area contributed by atoms with E-state index in [9.17, 15) is 14.4 Å². The molecule has 0 radical (unpaired) electrons. The number of hydrogen-bond acceptors (Lipinski definition) is 7. The van der Waals surface area contributed by atoms with Gasteiger partial charge in [-0.15, -0.1) is 11.3 Å². The van der Waals surface area contributed by atoms with Gasteiger partial charge < -0.3 is 15.0 Å². The third kappa shape index (κ3) is 5.81. The predicted octanol–water partition coefficient (Wildman–Crippen LogP) is 4.69. The molecule has 5 rings (SSSR count). The lowest BCUT2D eigenvalue weighted by Crippen LogP contribution is -2.38. The van der Waals surface area contributed by atoms with Crippen LogP contribution in [0.5, 0.6) is 0 Å². The third-order valence-electron chi connectivity index (χ3n) is 7.06. The number of piperidine rings is 1. The Hall–Kier alpha value is -4.31. The minimum Gasteiger partial charge on any atom is -0.464 e. The second-order valence-electron chi connectivity index (χ2n) is 9.60. The normalized spacial score (nSPS) is 14.5. The Morgan fingerprint density at radius 2 is 1.73 bits per heavy atom. The molecule has 3 heterocycles. The number of esters is 1. The Kier molecular flexibility index (Phi) is 8.35. The third-order valence-corrected chi connectivity index (χ3v) is 8.06. The number of carbonyl (C=O) groups excluding carboxylic acids is 3. The molecule has 40 heavy (non-hydrogen) atoms. The van der Waals surface area contributed by atoms with Crippen LogP contribution in [0.4, 0.5) is 0 Å². The number of ether oxygens (including phenoxy) is 1. The smallest absolute Gasteiger partial charge is 0.333 e. The largest absolute Gasteiger partial charge is 0.464 e. The monoisotopic (exact) mass is 557 g/mol. The summed E-state index contributed by atoms with van der Waals surface area (Å²) < 4.78 is 6.96. The lowest BCUT2D eigenvalue weighted by molar-refractivity contribution is -0.145. The van der Waals surface area contributed by atoms with Crippen molar-refractivity contribution >= 4 is 29.1 Å². The number of nitrogens with one attached hydrogen (secondary N) is 1. The first-order chi connectivity index (χ1) is 19.5. The average Bonchev–Trinajstić information content (AvgIpc) is 3.64. The summed E-state index contributed by atoms with van der Waals surface area (Å²) in [6.07, 6.45) is 3.14. The molecular formula is C30H31N5O4S. The van der Waals surface area contributed by atoms with E-state index in [-0.39, 0.29) is 24.1 Å². The fourth-order valence-electron chi connectivity index (χ4n) is 4.88. The summed E-state index contributed by atoms with van der Waals surface area (Å²) in [5, 5.41) is 9.80. The van der Waals surface area contributed by atoms with Crippen molar-refractivity contribution in [1.29, 1.82) is 0 Å². The van der Waals surface area contributed by atoms with E-state index >= 15 is 0 Å². The van der Waals surface area contributed by atoms with Crippen LogP contribution >= 0.6 is 11.3 Å². The zero-order valence-electron chi connectivity index (χ0n) is 22.4. The van der Waals surface area contributed by atoms with Gasteiger partial charge in [0.25, 0.3) is 11.8 Å². The van der Waals surface area contributed by atoms with Gasteiger partial charge >= 0.3 is 5.97 Å². The fraction of sp³-hybridized carbons (Fsp3) is 0.300. The number of benzene rings is 2. The molecule has 1 N–H and O–H groups in total. The van der Waals surface area contributed by atoms with E-state index in [1.54, 1.807) is 35.3 Å². The van der Waals surface area contributed by atoms with Crippen LogP contribution in [-0.4, -0.2) is 57.1 Å². The van der Waals surface area contributed by atoms with Crippen LogP contribution in [0.25, 0.3) is 5.69 Å².